The molecule has 0 saturated carbocycles. The van der Waals surface area contributed by atoms with Gasteiger partial charge in [-0.05, 0) is 50.6 Å². The minimum absolute atomic E-state index is 0.0238. The zero-order valence-electron chi connectivity index (χ0n) is 16.2. The van der Waals surface area contributed by atoms with Gasteiger partial charge in [0, 0.05) is 24.7 Å². The Labute approximate surface area is 166 Å². The Morgan fingerprint density at radius 1 is 1.19 bits per heavy atom. The second kappa shape index (κ2) is 10.5. The minimum atomic E-state index is -0.373. The Morgan fingerprint density at radius 2 is 1.89 bits per heavy atom. The molecule has 0 bridgehead atoms. The number of piperidine rings is 1. The van der Waals surface area contributed by atoms with Crippen LogP contribution in [0.3, 0.4) is 0 Å². The van der Waals surface area contributed by atoms with Crippen molar-refractivity contribution >= 4 is 23.4 Å². The van der Waals surface area contributed by atoms with E-state index in [1.165, 1.54) is 37.5 Å². The van der Waals surface area contributed by atoms with E-state index in [1.807, 2.05) is 18.7 Å². The number of nitrogens with one attached hydrogen (secondary N) is 1. The maximum atomic E-state index is 12.4. The molecule has 1 aromatic rings. The summed E-state index contributed by atoms with van der Waals surface area (Å²) >= 11 is 5.80. The van der Waals surface area contributed by atoms with Crippen molar-refractivity contribution in [2.45, 2.75) is 45.6 Å². The van der Waals surface area contributed by atoms with Crippen molar-refractivity contribution in [3.8, 4) is 5.75 Å². The fourth-order valence-corrected chi connectivity index (χ4v) is 3.75. The van der Waals surface area contributed by atoms with E-state index in [9.17, 15) is 14.7 Å². The number of halogens is 1. The normalized spacial score (nSPS) is 20.0. The average Bonchev–Trinajstić information content (AvgIpc) is 3.20. The third-order valence-electron chi connectivity index (χ3n) is 5.03. The van der Waals surface area contributed by atoms with Gasteiger partial charge in [-0.15, -0.1) is 0 Å². The average molecular weight is 396 g/mol. The molecule has 150 valence electrons. The Morgan fingerprint density at radius 3 is 2.56 bits per heavy atom. The van der Waals surface area contributed by atoms with Gasteiger partial charge < -0.3 is 15.3 Å². The highest BCUT2D eigenvalue weighted by Crippen LogP contribution is 2.23. The van der Waals surface area contributed by atoms with Crippen LogP contribution in [0, 0.1) is 0 Å². The molecule has 2 fully saturated rings. The van der Waals surface area contributed by atoms with Crippen LogP contribution in [-0.2, 0) is 4.79 Å². The van der Waals surface area contributed by atoms with E-state index < -0.39 is 0 Å². The predicted octanol–water partition coefficient (Wildman–Crippen LogP) is 2.89. The summed E-state index contributed by atoms with van der Waals surface area (Å²) in [5.74, 6) is -0.505. The van der Waals surface area contributed by atoms with Gasteiger partial charge in [-0.3, -0.25) is 14.5 Å². The van der Waals surface area contributed by atoms with Crippen LogP contribution in [-0.4, -0.2) is 65.5 Å². The van der Waals surface area contributed by atoms with E-state index in [4.69, 9.17) is 11.6 Å². The van der Waals surface area contributed by atoms with Gasteiger partial charge in [0.15, 0.2) is 0 Å². The van der Waals surface area contributed by atoms with Crippen LogP contribution >= 0.6 is 11.6 Å². The first-order valence-corrected chi connectivity index (χ1v) is 10.2. The topological polar surface area (TPSA) is 72.9 Å². The Balaban J connectivity index is 0.00000126. The van der Waals surface area contributed by atoms with Gasteiger partial charge in [0.25, 0.3) is 5.91 Å². The maximum Gasteiger partial charge on any atom is 0.251 e. The molecule has 7 heteroatoms. The molecule has 2 amide bonds. The van der Waals surface area contributed by atoms with E-state index in [2.05, 4.69) is 10.2 Å². The fourth-order valence-electron chi connectivity index (χ4n) is 3.57. The molecule has 2 heterocycles. The molecule has 2 saturated heterocycles. The molecule has 0 aromatic heterocycles. The predicted molar refractivity (Wildman–Crippen MR) is 107 cm³/mol. The summed E-state index contributed by atoms with van der Waals surface area (Å²) in [6.07, 6.45) is 4.80. The van der Waals surface area contributed by atoms with Gasteiger partial charge >= 0.3 is 0 Å². The number of phenolic OH excluding ortho intramolecular Hbond substituents is 1. The standard InChI is InChI=1S/C18H24ClN3O3.C2H6/c19-15-10-13(4-5-16(15)23)18(25)20-11-17(24)22-9-6-14(12-22)21-7-2-1-3-8-21;1-2/h4-5,10,14,23H,1-3,6-9,11-12H2,(H,20,25);1-2H3. The number of nitrogens with zero attached hydrogens (tertiary/aromatic N) is 2. The zero-order valence-corrected chi connectivity index (χ0v) is 17.0. The summed E-state index contributed by atoms with van der Waals surface area (Å²) in [4.78, 5) is 28.8. The summed E-state index contributed by atoms with van der Waals surface area (Å²) in [6.45, 7) is 7.74. The van der Waals surface area contributed by atoms with Crippen molar-refractivity contribution in [3.05, 3.63) is 28.8 Å². The van der Waals surface area contributed by atoms with Crippen molar-refractivity contribution in [1.29, 1.82) is 0 Å². The monoisotopic (exact) mass is 395 g/mol. The first kappa shape index (κ1) is 21.5. The van der Waals surface area contributed by atoms with Gasteiger partial charge in [-0.1, -0.05) is 31.9 Å². The van der Waals surface area contributed by atoms with E-state index >= 15 is 0 Å². The van der Waals surface area contributed by atoms with Crippen LogP contribution in [0.2, 0.25) is 5.02 Å². The molecule has 1 aromatic carbocycles. The van der Waals surface area contributed by atoms with E-state index in [0.717, 1.165) is 32.6 Å². The van der Waals surface area contributed by atoms with Crippen LogP contribution < -0.4 is 5.32 Å². The van der Waals surface area contributed by atoms with E-state index in [-0.39, 0.29) is 29.1 Å². The van der Waals surface area contributed by atoms with Gasteiger partial charge in [0.1, 0.15) is 5.75 Å². The molecule has 2 N–H and O–H groups in total. The number of carbonyl (C=O) groups is 2. The number of likely N-dealkylation sites (tertiary alicyclic amines) is 2. The van der Waals surface area contributed by atoms with Crippen LogP contribution in [0.15, 0.2) is 18.2 Å². The Bertz CT molecular complexity index is 647. The highest BCUT2D eigenvalue weighted by atomic mass is 35.5. The summed E-state index contributed by atoms with van der Waals surface area (Å²) in [5, 5.41) is 12.1. The largest absolute Gasteiger partial charge is 0.506 e. The van der Waals surface area contributed by atoms with Gasteiger partial charge in [0.05, 0.1) is 11.6 Å². The summed E-state index contributed by atoms with van der Waals surface area (Å²) in [6, 6.07) is 4.68. The molecule has 0 radical (unpaired) electrons. The first-order chi connectivity index (χ1) is 13.0. The van der Waals surface area contributed by atoms with Crippen molar-refractivity contribution < 1.29 is 14.7 Å². The van der Waals surface area contributed by atoms with E-state index in [1.54, 1.807) is 0 Å². The summed E-state index contributed by atoms with van der Waals surface area (Å²) in [7, 11) is 0. The number of rotatable bonds is 4. The van der Waals surface area contributed by atoms with Crippen molar-refractivity contribution in [1.82, 2.24) is 15.1 Å². The zero-order chi connectivity index (χ0) is 19.8. The smallest absolute Gasteiger partial charge is 0.251 e. The molecule has 3 rings (SSSR count). The van der Waals surface area contributed by atoms with Crippen molar-refractivity contribution in [3.63, 3.8) is 0 Å². The van der Waals surface area contributed by atoms with Crippen LogP contribution in [0.1, 0.15) is 49.9 Å². The second-order valence-corrected chi connectivity index (χ2v) is 7.13. The third-order valence-corrected chi connectivity index (χ3v) is 5.34. The molecule has 0 spiro atoms. The van der Waals surface area contributed by atoms with Crippen LogP contribution in [0.5, 0.6) is 5.75 Å². The SMILES string of the molecule is CC.O=C(NCC(=O)N1CCC(N2CCCCC2)C1)c1ccc(O)c(Cl)c1. The molecule has 0 aliphatic carbocycles. The minimum Gasteiger partial charge on any atom is -0.506 e. The number of benzene rings is 1. The quantitative estimate of drug-likeness (QED) is 0.822. The van der Waals surface area contributed by atoms with Gasteiger partial charge in [0.2, 0.25) is 5.91 Å². The summed E-state index contributed by atoms with van der Waals surface area (Å²) < 4.78 is 0. The number of amides is 2. The summed E-state index contributed by atoms with van der Waals surface area (Å²) in [5.41, 5.74) is 0.322. The highest BCUT2D eigenvalue weighted by molar-refractivity contribution is 6.32. The van der Waals surface area contributed by atoms with Gasteiger partial charge in [-0.2, -0.15) is 0 Å². The molecule has 1 unspecified atom stereocenters. The molecule has 6 nitrogen and oxygen atoms in total. The molecular formula is C20H30ClN3O3. The Hall–Kier alpha value is -1.79. The van der Waals surface area contributed by atoms with Crippen LogP contribution in [0.25, 0.3) is 0 Å². The second-order valence-electron chi connectivity index (χ2n) is 6.73. The van der Waals surface area contributed by atoms with Gasteiger partial charge in [-0.25, -0.2) is 0 Å². The number of hydrogen-bond donors (Lipinski definition) is 2. The number of aromatic hydroxyl groups is 1. The Kier molecular flexibility index (Phi) is 8.38. The van der Waals surface area contributed by atoms with Crippen LogP contribution in [0.4, 0.5) is 0 Å². The lowest BCUT2D eigenvalue weighted by molar-refractivity contribution is -0.129. The molecule has 2 aliphatic rings. The van der Waals surface area contributed by atoms with Crippen molar-refractivity contribution in [2.75, 3.05) is 32.7 Å². The number of carbonyl (C=O) groups excluding carboxylic acids is 2. The van der Waals surface area contributed by atoms with Crippen molar-refractivity contribution in [2.24, 2.45) is 0 Å². The first-order valence-electron chi connectivity index (χ1n) is 9.83. The molecular weight excluding hydrogens is 366 g/mol. The van der Waals surface area contributed by atoms with E-state index in [0.29, 0.717) is 11.6 Å². The fraction of sp³-hybridized carbons (Fsp3) is 0.600. The lowest BCUT2D eigenvalue weighted by Crippen LogP contribution is -2.43. The number of phenols is 1. The lowest BCUT2D eigenvalue weighted by Gasteiger charge is -2.32. The highest BCUT2D eigenvalue weighted by Gasteiger charge is 2.30. The lowest BCUT2D eigenvalue weighted by atomic mass is 10.1. The molecule has 2 aliphatic heterocycles. The third kappa shape index (κ3) is 5.84. The number of hydrogen-bond acceptors (Lipinski definition) is 4. The maximum absolute atomic E-state index is 12.4. The molecule has 1 atom stereocenters. The molecule has 27 heavy (non-hydrogen) atoms.